The number of hydrogen-bond donors (Lipinski definition) is 0. The van der Waals surface area contributed by atoms with E-state index in [2.05, 4.69) is 9.97 Å². The minimum Gasteiger partial charge on any atom is -0.493 e. The molecular formula is C22H29N3O7. The van der Waals surface area contributed by atoms with Gasteiger partial charge in [0.05, 0.1) is 38.8 Å². The largest absolute Gasteiger partial charge is 0.493 e. The van der Waals surface area contributed by atoms with Gasteiger partial charge in [0.25, 0.3) is 0 Å². The number of methoxy groups -OCH3 is 3. The van der Waals surface area contributed by atoms with E-state index in [0.29, 0.717) is 34.1 Å². The lowest BCUT2D eigenvalue weighted by Gasteiger charge is -2.27. The van der Waals surface area contributed by atoms with E-state index in [1.165, 1.54) is 19.1 Å². The Bertz CT molecular complexity index is 1020. The molecule has 2 atom stereocenters. The number of likely N-dealkylation sites (tertiary alicyclic amines) is 1. The highest BCUT2D eigenvalue weighted by molar-refractivity contribution is 5.87. The molecule has 2 heterocycles. The lowest BCUT2D eigenvalue weighted by atomic mass is 10.2. The zero-order chi connectivity index (χ0) is 23.6. The monoisotopic (exact) mass is 447 g/mol. The molecule has 0 saturated carbocycles. The number of esters is 1. The molecule has 32 heavy (non-hydrogen) atoms. The van der Waals surface area contributed by atoms with Gasteiger partial charge in [0.2, 0.25) is 5.88 Å². The maximum absolute atomic E-state index is 12.7. The smallest absolute Gasteiger partial charge is 0.411 e. The highest BCUT2D eigenvalue weighted by Crippen LogP contribution is 2.36. The number of amides is 1. The summed E-state index contributed by atoms with van der Waals surface area (Å²) in [6.45, 7) is 7.19. The Balaban J connectivity index is 1.92. The van der Waals surface area contributed by atoms with Gasteiger partial charge in [0.15, 0.2) is 11.5 Å². The van der Waals surface area contributed by atoms with Gasteiger partial charge in [-0.1, -0.05) is 0 Å². The normalized spacial score (nSPS) is 18.4. The minimum absolute atomic E-state index is 0.145. The fourth-order valence-electron chi connectivity index (χ4n) is 3.55. The molecule has 1 unspecified atom stereocenters. The van der Waals surface area contributed by atoms with Crippen LogP contribution in [0.4, 0.5) is 4.79 Å². The van der Waals surface area contributed by atoms with Crippen molar-refractivity contribution >= 4 is 23.0 Å². The van der Waals surface area contributed by atoms with Crippen LogP contribution >= 0.6 is 0 Å². The van der Waals surface area contributed by atoms with E-state index in [1.807, 2.05) is 0 Å². The average molecular weight is 447 g/mol. The lowest BCUT2D eigenvalue weighted by molar-refractivity contribution is -0.145. The first kappa shape index (κ1) is 23.4. The van der Waals surface area contributed by atoms with Crippen molar-refractivity contribution in [3.05, 3.63) is 18.0 Å². The molecule has 1 fully saturated rings. The van der Waals surface area contributed by atoms with E-state index < -0.39 is 29.8 Å². The van der Waals surface area contributed by atoms with Crippen LogP contribution in [0.2, 0.25) is 0 Å². The van der Waals surface area contributed by atoms with Gasteiger partial charge in [-0.25, -0.2) is 14.6 Å². The number of ether oxygens (including phenoxy) is 5. The lowest BCUT2D eigenvalue weighted by Crippen LogP contribution is -2.44. The van der Waals surface area contributed by atoms with Gasteiger partial charge in [-0.3, -0.25) is 4.90 Å². The van der Waals surface area contributed by atoms with Crippen LogP contribution in [0.15, 0.2) is 12.1 Å². The summed E-state index contributed by atoms with van der Waals surface area (Å²) in [5.41, 5.74) is -0.0802. The zero-order valence-electron chi connectivity index (χ0n) is 19.4. The number of aryl methyl sites for hydroxylation is 1. The molecule has 1 aromatic carbocycles. The molecule has 0 bridgehead atoms. The third-order valence-electron chi connectivity index (χ3n) is 4.92. The van der Waals surface area contributed by atoms with Crippen molar-refractivity contribution in [1.29, 1.82) is 0 Å². The summed E-state index contributed by atoms with van der Waals surface area (Å²) in [6.07, 6.45) is -0.865. The molecule has 2 aromatic rings. The molecular weight excluding hydrogens is 418 g/mol. The molecule has 1 aliphatic heterocycles. The zero-order valence-corrected chi connectivity index (χ0v) is 19.4. The van der Waals surface area contributed by atoms with E-state index in [-0.39, 0.29) is 13.0 Å². The SMILES string of the molecule is COC(=O)[C@@H]1CC(Oc2nc(C)nc3cc(OC)c(OC)cc23)CN1C(=O)OC(C)(C)C. The Morgan fingerprint density at radius 3 is 2.31 bits per heavy atom. The quantitative estimate of drug-likeness (QED) is 0.639. The first-order chi connectivity index (χ1) is 15.1. The Morgan fingerprint density at radius 1 is 1.06 bits per heavy atom. The van der Waals surface area contributed by atoms with E-state index in [0.717, 1.165) is 0 Å². The second-order valence-electron chi connectivity index (χ2n) is 8.45. The highest BCUT2D eigenvalue weighted by atomic mass is 16.6. The summed E-state index contributed by atoms with van der Waals surface area (Å²) < 4.78 is 27.3. The summed E-state index contributed by atoms with van der Waals surface area (Å²) in [4.78, 5) is 35.2. The number of carbonyl (C=O) groups excluding carboxylic acids is 2. The molecule has 3 rings (SSSR count). The van der Waals surface area contributed by atoms with Crippen LogP contribution in [-0.4, -0.2) is 72.6 Å². The van der Waals surface area contributed by atoms with Crippen molar-refractivity contribution in [3.8, 4) is 17.4 Å². The number of aromatic nitrogens is 2. The molecule has 10 heteroatoms. The van der Waals surface area contributed by atoms with Crippen LogP contribution in [0, 0.1) is 6.92 Å². The predicted octanol–water partition coefficient (Wildman–Crippen LogP) is 2.89. The third kappa shape index (κ3) is 4.95. The first-order valence-electron chi connectivity index (χ1n) is 10.2. The molecule has 10 nitrogen and oxygen atoms in total. The van der Waals surface area contributed by atoms with Gasteiger partial charge in [0.1, 0.15) is 23.6 Å². The number of hydrogen-bond acceptors (Lipinski definition) is 9. The van der Waals surface area contributed by atoms with Crippen molar-refractivity contribution in [2.45, 2.75) is 51.9 Å². The molecule has 0 spiro atoms. The maximum Gasteiger partial charge on any atom is 0.411 e. The van der Waals surface area contributed by atoms with E-state index in [9.17, 15) is 9.59 Å². The van der Waals surface area contributed by atoms with Crippen LogP contribution in [-0.2, 0) is 14.3 Å². The maximum atomic E-state index is 12.7. The topological polar surface area (TPSA) is 109 Å². The number of rotatable bonds is 5. The molecule has 1 saturated heterocycles. The fourth-order valence-corrected chi connectivity index (χ4v) is 3.55. The van der Waals surface area contributed by atoms with Crippen molar-refractivity contribution in [2.24, 2.45) is 0 Å². The average Bonchev–Trinajstić information content (AvgIpc) is 3.15. The molecule has 0 aliphatic carbocycles. The highest BCUT2D eigenvalue weighted by Gasteiger charge is 2.43. The second kappa shape index (κ2) is 9.05. The fraction of sp³-hybridized carbons (Fsp3) is 0.545. The van der Waals surface area contributed by atoms with Gasteiger partial charge < -0.3 is 23.7 Å². The van der Waals surface area contributed by atoms with Gasteiger partial charge >= 0.3 is 12.1 Å². The number of carbonyl (C=O) groups is 2. The van der Waals surface area contributed by atoms with Crippen LogP contribution in [0.25, 0.3) is 10.9 Å². The summed E-state index contributed by atoms with van der Waals surface area (Å²) >= 11 is 0. The predicted molar refractivity (Wildman–Crippen MR) is 115 cm³/mol. The first-order valence-corrected chi connectivity index (χ1v) is 10.2. The Labute approximate surface area is 186 Å². The summed E-state index contributed by atoms with van der Waals surface area (Å²) in [5, 5.41) is 0.624. The summed E-state index contributed by atoms with van der Waals surface area (Å²) in [7, 11) is 4.37. The van der Waals surface area contributed by atoms with Crippen LogP contribution in [0.3, 0.4) is 0 Å². The molecule has 0 radical (unpaired) electrons. The van der Waals surface area contributed by atoms with Crippen LogP contribution < -0.4 is 14.2 Å². The standard InChI is InChI=1S/C22H29N3O7/c1-12-23-15-10-18(29-6)17(28-5)9-14(15)19(24-12)31-13-8-16(20(26)30-7)25(11-13)21(27)32-22(2,3)4/h9-10,13,16H,8,11H2,1-7H3/t13?,16-/m0/s1. The summed E-state index contributed by atoms with van der Waals surface area (Å²) in [5.74, 6) is 1.34. The Hall–Kier alpha value is -3.30. The second-order valence-corrected chi connectivity index (χ2v) is 8.45. The van der Waals surface area contributed by atoms with E-state index >= 15 is 0 Å². The molecule has 1 aliphatic rings. The van der Waals surface area contributed by atoms with E-state index in [4.69, 9.17) is 23.7 Å². The molecule has 1 aromatic heterocycles. The Kier molecular flexibility index (Phi) is 6.61. The van der Waals surface area contributed by atoms with Crippen molar-refractivity contribution in [1.82, 2.24) is 14.9 Å². The number of benzene rings is 1. The Morgan fingerprint density at radius 2 is 1.72 bits per heavy atom. The van der Waals surface area contributed by atoms with Gasteiger partial charge in [0, 0.05) is 12.5 Å². The molecule has 0 N–H and O–H groups in total. The van der Waals surface area contributed by atoms with Crippen LogP contribution in [0.5, 0.6) is 17.4 Å². The number of nitrogens with zero attached hydrogens (tertiary/aromatic N) is 3. The van der Waals surface area contributed by atoms with Crippen molar-refractivity contribution < 1.29 is 33.3 Å². The van der Waals surface area contributed by atoms with Crippen molar-refractivity contribution in [3.63, 3.8) is 0 Å². The number of fused-ring (bicyclic) bond motifs is 1. The van der Waals surface area contributed by atoms with E-state index in [1.54, 1.807) is 46.9 Å². The van der Waals surface area contributed by atoms with Gasteiger partial charge in [-0.2, -0.15) is 4.98 Å². The molecule has 1 amide bonds. The van der Waals surface area contributed by atoms with Crippen LogP contribution in [0.1, 0.15) is 33.0 Å². The van der Waals surface area contributed by atoms with Gasteiger partial charge in [-0.05, 0) is 33.8 Å². The summed E-state index contributed by atoms with van der Waals surface area (Å²) in [6, 6.07) is 2.67. The van der Waals surface area contributed by atoms with Crippen molar-refractivity contribution in [2.75, 3.05) is 27.9 Å². The minimum atomic E-state index is -0.816. The van der Waals surface area contributed by atoms with Gasteiger partial charge in [-0.15, -0.1) is 0 Å². The third-order valence-corrected chi connectivity index (χ3v) is 4.92. The molecule has 174 valence electrons.